The predicted octanol–water partition coefficient (Wildman–Crippen LogP) is 1.24. The lowest BCUT2D eigenvalue weighted by molar-refractivity contribution is 0.145. The van der Waals surface area contributed by atoms with Gasteiger partial charge in [0.2, 0.25) is 13.6 Å². The molecule has 3 N–H and O–H groups in total. The molecule has 144 valence electrons. The maximum atomic E-state index is 10.2. The van der Waals surface area contributed by atoms with Crippen LogP contribution in [0.5, 0.6) is 23.0 Å². The highest BCUT2D eigenvalue weighted by molar-refractivity contribution is 5.45. The Balaban J connectivity index is 1.20. The quantitative estimate of drug-likeness (QED) is 0.641. The summed E-state index contributed by atoms with van der Waals surface area (Å²) < 4.78 is 21.3. The highest BCUT2D eigenvalue weighted by atomic mass is 16.7. The maximum Gasteiger partial charge on any atom is 0.231 e. The molecule has 2 atom stereocenters. The van der Waals surface area contributed by atoms with Gasteiger partial charge < -0.3 is 34.5 Å². The summed E-state index contributed by atoms with van der Waals surface area (Å²) in [5.41, 5.74) is 1.96. The van der Waals surface area contributed by atoms with E-state index in [1.54, 1.807) is 0 Å². The van der Waals surface area contributed by atoms with Gasteiger partial charge in [-0.3, -0.25) is 0 Å². The molecule has 7 heteroatoms. The van der Waals surface area contributed by atoms with Crippen LogP contribution in [0.4, 0.5) is 0 Å². The van der Waals surface area contributed by atoms with Gasteiger partial charge in [0.25, 0.3) is 0 Å². The van der Waals surface area contributed by atoms with Gasteiger partial charge in [0.1, 0.15) is 0 Å². The molecule has 2 unspecified atom stereocenters. The van der Waals surface area contributed by atoms with Gasteiger partial charge in [-0.15, -0.1) is 0 Å². The topological polar surface area (TPSA) is 89.4 Å². The van der Waals surface area contributed by atoms with Crippen LogP contribution in [-0.2, 0) is 12.8 Å². The molecule has 4 rings (SSSR count). The van der Waals surface area contributed by atoms with E-state index in [-0.39, 0.29) is 13.6 Å². The minimum absolute atomic E-state index is 0.240. The molecule has 0 spiro atoms. The van der Waals surface area contributed by atoms with E-state index >= 15 is 0 Å². The average molecular weight is 373 g/mol. The smallest absolute Gasteiger partial charge is 0.231 e. The van der Waals surface area contributed by atoms with E-state index < -0.39 is 12.2 Å². The van der Waals surface area contributed by atoms with Gasteiger partial charge in [-0.1, -0.05) is 12.1 Å². The molecule has 27 heavy (non-hydrogen) atoms. The van der Waals surface area contributed by atoms with Crippen LogP contribution < -0.4 is 24.3 Å². The lowest BCUT2D eigenvalue weighted by Crippen LogP contribution is -2.35. The van der Waals surface area contributed by atoms with Crippen molar-refractivity contribution in [3.05, 3.63) is 47.5 Å². The van der Waals surface area contributed by atoms with Crippen LogP contribution in [-0.4, -0.2) is 49.1 Å². The van der Waals surface area contributed by atoms with E-state index in [4.69, 9.17) is 18.9 Å². The number of hydrogen-bond acceptors (Lipinski definition) is 7. The third kappa shape index (κ3) is 4.44. The van der Waals surface area contributed by atoms with Gasteiger partial charge in [0, 0.05) is 13.1 Å². The summed E-state index contributed by atoms with van der Waals surface area (Å²) in [4.78, 5) is 0. The molecule has 0 aliphatic carbocycles. The fraction of sp³-hybridized carbons (Fsp3) is 0.400. The van der Waals surface area contributed by atoms with Crippen LogP contribution >= 0.6 is 0 Å². The summed E-state index contributed by atoms with van der Waals surface area (Å²) in [6.45, 7) is 1.27. The Labute approximate surface area is 157 Å². The number of rotatable bonds is 8. The molecule has 2 aromatic rings. The number of ether oxygens (including phenoxy) is 4. The van der Waals surface area contributed by atoms with Crippen LogP contribution in [0.25, 0.3) is 0 Å². The van der Waals surface area contributed by atoms with Crippen molar-refractivity contribution >= 4 is 0 Å². The van der Waals surface area contributed by atoms with Crippen molar-refractivity contribution in [3.8, 4) is 23.0 Å². The molecule has 0 aromatic heterocycles. The maximum absolute atomic E-state index is 10.2. The van der Waals surface area contributed by atoms with Crippen molar-refractivity contribution in [3.63, 3.8) is 0 Å². The number of aliphatic hydroxyl groups excluding tert-OH is 2. The van der Waals surface area contributed by atoms with Crippen molar-refractivity contribution in [1.82, 2.24) is 5.32 Å². The molecule has 2 heterocycles. The molecule has 0 fully saturated rings. The van der Waals surface area contributed by atoms with E-state index in [9.17, 15) is 10.2 Å². The molecule has 0 radical (unpaired) electrons. The first-order valence-corrected chi connectivity index (χ1v) is 9.01. The van der Waals surface area contributed by atoms with Gasteiger partial charge in [-0.05, 0) is 48.2 Å². The highest BCUT2D eigenvalue weighted by Gasteiger charge is 2.16. The van der Waals surface area contributed by atoms with Gasteiger partial charge >= 0.3 is 0 Å². The fourth-order valence-electron chi connectivity index (χ4n) is 3.24. The van der Waals surface area contributed by atoms with Crippen molar-refractivity contribution in [1.29, 1.82) is 0 Å². The van der Waals surface area contributed by atoms with Crippen molar-refractivity contribution in [2.45, 2.75) is 25.0 Å². The normalized spacial score (nSPS) is 16.4. The van der Waals surface area contributed by atoms with E-state index in [1.807, 2.05) is 36.4 Å². The first-order chi connectivity index (χ1) is 13.2. The van der Waals surface area contributed by atoms with E-state index in [2.05, 4.69) is 5.32 Å². The minimum atomic E-state index is -0.553. The first-order valence-electron chi connectivity index (χ1n) is 9.01. The Hall–Kier alpha value is -2.48. The second-order valence-electron chi connectivity index (χ2n) is 6.75. The van der Waals surface area contributed by atoms with Crippen LogP contribution in [0.2, 0.25) is 0 Å². The van der Waals surface area contributed by atoms with Gasteiger partial charge in [-0.2, -0.15) is 0 Å². The second kappa shape index (κ2) is 8.04. The van der Waals surface area contributed by atoms with E-state index in [1.165, 1.54) is 0 Å². The Morgan fingerprint density at radius 1 is 0.704 bits per heavy atom. The summed E-state index contributed by atoms with van der Waals surface area (Å²) in [5, 5.41) is 23.5. The van der Waals surface area contributed by atoms with Gasteiger partial charge in [-0.25, -0.2) is 0 Å². The molecule has 0 bridgehead atoms. The zero-order valence-corrected chi connectivity index (χ0v) is 14.9. The largest absolute Gasteiger partial charge is 0.454 e. The van der Waals surface area contributed by atoms with Crippen molar-refractivity contribution in [2.24, 2.45) is 0 Å². The Morgan fingerprint density at radius 3 is 1.63 bits per heavy atom. The Morgan fingerprint density at radius 2 is 1.15 bits per heavy atom. The Bertz CT molecular complexity index is 731. The monoisotopic (exact) mass is 373 g/mol. The molecule has 0 saturated heterocycles. The predicted molar refractivity (Wildman–Crippen MR) is 97.4 cm³/mol. The summed E-state index contributed by atoms with van der Waals surface area (Å²) in [6.07, 6.45) is -0.102. The van der Waals surface area contributed by atoms with Crippen LogP contribution in [0.1, 0.15) is 11.1 Å². The molecular formula is C20H23NO6. The number of nitrogens with one attached hydrogen (secondary N) is 1. The SMILES string of the molecule is OC(CNCC(O)Cc1ccc2c(c1)OCO2)Cc1ccc2c(c1)OCO2. The van der Waals surface area contributed by atoms with E-state index in [0.29, 0.717) is 37.4 Å². The first kappa shape index (κ1) is 17.9. The van der Waals surface area contributed by atoms with E-state index in [0.717, 1.165) is 22.6 Å². The zero-order chi connectivity index (χ0) is 18.6. The molecule has 0 amide bonds. The lowest BCUT2D eigenvalue weighted by atomic mass is 10.1. The van der Waals surface area contributed by atoms with Crippen molar-refractivity contribution < 1.29 is 29.2 Å². The Kier molecular flexibility index (Phi) is 5.33. The third-order valence-corrected chi connectivity index (χ3v) is 4.58. The third-order valence-electron chi connectivity index (χ3n) is 4.58. The number of fused-ring (bicyclic) bond motifs is 2. The van der Waals surface area contributed by atoms with Gasteiger partial charge in [0.05, 0.1) is 12.2 Å². The van der Waals surface area contributed by atoms with Crippen LogP contribution in [0, 0.1) is 0 Å². The average Bonchev–Trinajstić information content (AvgIpc) is 3.29. The lowest BCUT2D eigenvalue weighted by Gasteiger charge is -2.15. The number of benzene rings is 2. The highest BCUT2D eigenvalue weighted by Crippen LogP contribution is 2.33. The molecule has 0 saturated carbocycles. The number of aliphatic hydroxyl groups is 2. The molecule has 2 aliphatic heterocycles. The zero-order valence-electron chi connectivity index (χ0n) is 14.9. The standard InChI is InChI=1S/C20H23NO6/c22-15(5-13-1-3-17-19(7-13)26-11-24-17)9-21-10-16(23)6-14-2-4-18-20(8-14)27-12-25-18/h1-4,7-8,15-16,21-23H,5-6,9-12H2. The summed E-state index contributed by atoms with van der Waals surface area (Å²) in [7, 11) is 0. The number of hydrogen-bond donors (Lipinski definition) is 3. The summed E-state index contributed by atoms with van der Waals surface area (Å²) in [6, 6.07) is 11.3. The van der Waals surface area contributed by atoms with Crippen LogP contribution in [0.3, 0.4) is 0 Å². The van der Waals surface area contributed by atoms with Crippen molar-refractivity contribution in [2.75, 3.05) is 26.7 Å². The van der Waals surface area contributed by atoms with Crippen LogP contribution in [0.15, 0.2) is 36.4 Å². The minimum Gasteiger partial charge on any atom is -0.454 e. The molecular weight excluding hydrogens is 350 g/mol. The molecule has 2 aromatic carbocycles. The molecule has 7 nitrogen and oxygen atoms in total. The molecule has 2 aliphatic rings. The fourth-order valence-corrected chi connectivity index (χ4v) is 3.24. The van der Waals surface area contributed by atoms with Gasteiger partial charge in [0.15, 0.2) is 23.0 Å². The second-order valence-corrected chi connectivity index (χ2v) is 6.75. The summed E-state index contributed by atoms with van der Waals surface area (Å²) >= 11 is 0. The summed E-state index contributed by atoms with van der Waals surface area (Å²) in [5.74, 6) is 2.90.